The number of ether oxygens (including phenoxy) is 7. The third kappa shape index (κ3) is 12.9. The Balaban J connectivity index is 0.859. The van der Waals surface area contributed by atoms with Crippen molar-refractivity contribution in [3.05, 3.63) is 90.0 Å². The van der Waals surface area contributed by atoms with Crippen molar-refractivity contribution in [3.63, 3.8) is 0 Å². The normalized spacial score (nSPS) is 12.5. The molecule has 0 radical (unpaired) electrons. The Morgan fingerprint density at radius 2 is 0.958 bits per heavy atom. The number of benzene rings is 3. The summed E-state index contributed by atoms with van der Waals surface area (Å²) in [6.45, 7) is 5.16. The SMILES string of the molecule is O=C(NCCOCCOCCOCCOCCOCCOCCOS(=O)(=O)c1ccccc1)OCC1c2ccccc2-c2ccccc21. The highest BCUT2D eigenvalue weighted by Crippen LogP contribution is 2.44. The van der Waals surface area contributed by atoms with Crippen LogP contribution in [-0.2, 0) is 47.5 Å². The van der Waals surface area contributed by atoms with Gasteiger partial charge in [0.25, 0.3) is 10.1 Å². The Labute approximate surface area is 282 Å². The number of carbonyl (C=O) groups excluding carboxylic acids is 1. The van der Waals surface area contributed by atoms with Gasteiger partial charge in [0, 0.05) is 12.5 Å². The van der Waals surface area contributed by atoms with Crippen molar-refractivity contribution < 1.29 is 50.6 Å². The summed E-state index contributed by atoms with van der Waals surface area (Å²) in [7, 11) is -3.77. The van der Waals surface area contributed by atoms with E-state index < -0.39 is 16.2 Å². The molecule has 1 aliphatic rings. The van der Waals surface area contributed by atoms with Crippen molar-refractivity contribution in [2.75, 3.05) is 99.0 Å². The quantitative estimate of drug-likeness (QED) is 0.102. The summed E-state index contributed by atoms with van der Waals surface area (Å²) in [5.41, 5.74) is 4.74. The lowest BCUT2D eigenvalue weighted by Gasteiger charge is -2.14. The molecule has 0 heterocycles. The van der Waals surface area contributed by atoms with Crippen LogP contribution < -0.4 is 5.32 Å². The van der Waals surface area contributed by atoms with E-state index in [-0.39, 0.29) is 30.6 Å². The minimum absolute atomic E-state index is 0.0292. The Morgan fingerprint density at radius 3 is 1.46 bits per heavy atom. The van der Waals surface area contributed by atoms with Gasteiger partial charge in [0.05, 0.1) is 90.8 Å². The summed E-state index contributed by atoms with van der Waals surface area (Å²) >= 11 is 0. The topological polar surface area (TPSA) is 137 Å². The monoisotopic (exact) mass is 687 g/mol. The van der Waals surface area contributed by atoms with E-state index in [4.69, 9.17) is 37.3 Å². The van der Waals surface area contributed by atoms with Gasteiger partial charge in [-0.15, -0.1) is 0 Å². The zero-order valence-electron chi connectivity index (χ0n) is 27.1. The van der Waals surface area contributed by atoms with Crippen molar-refractivity contribution in [2.45, 2.75) is 10.8 Å². The Kier molecular flexibility index (Phi) is 16.8. The fourth-order valence-corrected chi connectivity index (χ4v) is 5.85. The zero-order chi connectivity index (χ0) is 33.7. The second-order valence-corrected chi connectivity index (χ2v) is 12.1. The number of hydrogen-bond acceptors (Lipinski definition) is 11. The molecule has 0 spiro atoms. The lowest BCUT2D eigenvalue weighted by molar-refractivity contribution is -0.0175. The predicted molar refractivity (Wildman–Crippen MR) is 178 cm³/mol. The second kappa shape index (κ2) is 21.5. The van der Waals surface area contributed by atoms with Crippen LogP contribution in [0, 0.1) is 0 Å². The largest absolute Gasteiger partial charge is 0.449 e. The highest BCUT2D eigenvalue weighted by Gasteiger charge is 2.29. The number of nitrogens with one attached hydrogen (secondary N) is 1. The molecule has 1 N–H and O–H groups in total. The van der Waals surface area contributed by atoms with Crippen LogP contribution in [0.15, 0.2) is 83.8 Å². The lowest BCUT2D eigenvalue weighted by atomic mass is 9.98. The molecule has 1 aliphatic carbocycles. The minimum atomic E-state index is -3.77. The molecular weight excluding hydrogens is 642 g/mol. The van der Waals surface area contributed by atoms with Gasteiger partial charge in [0.1, 0.15) is 6.61 Å². The van der Waals surface area contributed by atoms with Crippen molar-refractivity contribution in [2.24, 2.45) is 0 Å². The van der Waals surface area contributed by atoms with Gasteiger partial charge in [-0.1, -0.05) is 66.7 Å². The number of fused-ring (bicyclic) bond motifs is 3. The summed E-state index contributed by atoms with van der Waals surface area (Å²) < 4.78 is 67.1. The summed E-state index contributed by atoms with van der Waals surface area (Å²) in [5, 5.41) is 2.73. The minimum Gasteiger partial charge on any atom is -0.449 e. The highest BCUT2D eigenvalue weighted by atomic mass is 32.2. The molecule has 3 aromatic rings. The van der Waals surface area contributed by atoms with Gasteiger partial charge >= 0.3 is 6.09 Å². The Morgan fingerprint density at radius 1 is 0.542 bits per heavy atom. The molecule has 0 aromatic heterocycles. The van der Waals surface area contributed by atoms with E-state index in [0.717, 1.165) is 0 Å². The maximum atomic E-state index is 12.2. The van der Waals surface area contributed by atoms with E-state index in [1.54, 1.807) is 18.2 Å². The third-order valence-corrected chi connectivity index (χ3v) is 8.54. The van der Waals surface area contributed by atoms with Gasteiger partial charge < -0.3 is 38.5 Å². The Bertz CT molecular complexity index is 1410. The molecule has 3 aromatic carbocycles. The summed E-state index contributed by atoms with van der Waals surface area (Å²) in [6.07, 6.45) is -0.463. The molecular formula is C35H45NO11S. The second-order valence-electron chi connectivity index (χ2n) is 10.5. The van der Waals surface area contributed by atoms with Crippen LogP contribution in [0.3, 0.4) is 0 Å². The van der Waals surface area contributed by atoms with E-state index in [1.807, 2.05) is 24.3 Å². The van der Waals surface area contributed by atoms with Gasteiger partial charge in [0.15, 0.2) is 0 Å². The first-order chi connectivity index (χ1) is 23.6. The number of amides is 1. The van der Waals surface area contributed by atoms with E-state index in [0.29, 0.717) is 79.2 Å². The van der Waals surface area contributed by atoms with Gasteiger partial charge in [-0.05, 0) is 34.4 Å². The number of rotatable bonds is 25. The van der Waals surface area contributed by atoms with Crippen molar-refractivity contribution in [1.29, 1.82) is 0 Å². The molecule has 48 heavy (non-hydrogen) atoms. The van der Waals surface area contributed by atoms with Crippen LogP contribution in [0.25, 0.3) is 11.1 Å². The van der Waals surface area contributed by atoms with E-state index in [9.17, 15) is 13.2 Å². The first kappa shape index (κ1) is 37.4. The fraction of sp³-hybridized carbons (Fsp3) is 0.457. The maximum absolute atomic E-state index is 12.2. The van der Waals surface area contributed by atoms with E-state index in [2.05, 4.69) is 29.6 Å². The molecule has 0 aliphatic heterocycles. The van der Waals surface area contributed by atoms with Crippen LogP contribution in [0.5, 0.6) is 0 Å². The van der Waals surface area contributed by atoms with Crippen LogP contribution in [0.1, 0.15) is 17.0 Å². The predicted octanol–water partition coefficient (Wildman–Crippen LogP) is 4.03. The molecule has 0 saturated heterocycles. The zero-order valence-corrected chi connectivity index (χ0v) is 27.9. The third-order valence-electron chi connectivity index (χ3n) is 7.22. The number of alkyl carbamates (subject to hydrolysis) is 1. The van der Waals surface area contributed by atoms with E-state index in [1.165, 1.54) is 34.4 Å². The summed E-state index contributed by atoms with van der Waals surface area (Å²) in [4.78, 5) is 12.3. The summed E-state index contributed by atoms with van der Waals surface area (Å²) in [6, 6.07) is 24.4. The molecule has 0 bridgehead atoms. The average Bonchev–Trinajstić information content (AvgIpc) is 3.43. The van der Waals surface area contributed by atoms with Crippen LogP contribution >= 0.6 is 0 Å². The first-order valence-electron chi connectivity index (χ1n) is 16.1. The smallest absolute Gasteiger partial charge is 0.407 e. The molecule has 0 fully saturated rings. The van der Waals surface area contributed by atoms with Crippen molar-refractivity contribution in [1.82, 2.24) is 5.32 Å². The molecule has 13 heteroatoms. The number of hydrogen-bond donors (Lipinski definition) is 1. The maximum Gasteiger partial charge on any atom is 0.407 e. The average molecular weight is 688 g/mol. The molecule has 0 saturated carbocycles. The first-order valence-corrected chi connectivity index (χ1v) is 17.5. The van der Waals surface area contributed by atoms with Gasteiger partial charge in [-0.2, -0.15) is 8.42 Å². The van der Waals surface area contributed by atoms with Gasteiger partial charge in [-0.25, -0.2) is 4.79 Å². The van der Waals surface area contributed by atoms with Gasteiger partial charge in [0.2, 0.25) is 0 Å². The molecule has 0 atom stereocenters. The standard InChI is InChI=1S/C35H45NO11S/c37-35(46-28-34-32-12-6-4-10-30(32)31-11-5-7-13-33(31)34)36-14-15-40-16-17-41-18-19-42-20-21-43-22-23-44-24-25-45-26-27-47-48(38,39)29-8-2-1-3-9-29/h1-13,34H,14-28H2,(H,36,37). The van der Waals surface area contributed by atoms with Gasteiger partial charge in [-0.3, -0.25) is 4.18 Å². The molecule has 1 amide bonds. The van der Waals surface area contributed by atoms with Crippen molar-refractivity contribution >= 4 is 16.2 Å². The fourth-order valence-electron chi connectivity index (χ4n) is 4.93. The molecule has 0 unspecified atom stereocenters. The highest BCUT2D eigenvalue weighted by molar-refractivity contribution is 7.86. The van der Waals surface area contributed by atoms with Crippen LogP contribution in [0.2, 0.25) is 0 Å². The van der Waals surface area contributed by atoms with Crippen molar-refractivity contribution in [3.8, 4) is 11.1 Å². The summed E-state index contributed by atoms with van der Waals surface area (Å²) in [5.74, 6) is 0.0292. The lowest BCUT2D eigenvalue weighted by Crippen LogP contribution is -2.29. The van der Waals surface area contributed by atoms with E-state index >= 15 is 0 Å². The Hall–Kier alpha value is -3.40. The molecule has 262 valence electrons. The van der Waals surface area contributed by atoms with Crippen LogP contribution in [0.4, 0.5) is 4.79 Å². The van der Waals surface area contributed by atoms with Crippen LogP contribution in [-0.4, -0.2) is 114 Å². The number of carbonyl (C=O) groups is 1. The molecule has 12 nitrogen and oxygen atoms in total. The molecule has 4 rings (SSSR count).